The maximum Gasteiger partial charge on any atom is 0.355 e. The number of unbranched alkanes of at least 4 members (excludes halogenated alkanes) is 8. The molecule has 0 aliphatic heterocycles. The predicted octanol–water partition coefficient (Wildman–Crippen LogP) is 4.93. The highest BCUT2D eigenvalue weighted by Crippen LogP contribution is 2.16. The topological polar surface area (TPSA) is 53.1 Å². The summed E-state index contributed by atoms with van der Waals surface area (Å²) in [5.41, 5.74) is 0.168. The monoisotopic (exact) mass is 283 g/mol. The number of hydrogen-bond donors (Lipinski definition) is 2. The Morgan fingerprint density at radius 2 is 1.65 bits per heavy atom. The Labute approximate surface area is 120 Å². The number of hydrogen-bond acceptors (Lipinski definition) is 1. The first-order valence-electron chi connectivity index (χ1n) is 7.75. The van der Waals surface area contributed by atoms with Gasteiger partial charge < -0.3 is 10.1 Å². The molecule has 0 unspecified atom stereocenters. The molecule has 0 amide bonds. The number of aromatic amines is 1. The molecule has 1 rings (SSSR count). The number of aryl methyl sites for hydroxylation is 1. The van der Waals surface area contributed by atoms with Gasteiger partial charge in [-0.05, 0) is 12.8 Å². The van der Waals surface area contributed by atoms with Gasteiger partial charge in [0.2, 0.25) is 0 Å². The van der Waals surface area contributed by atoms with E-state index in [2.05, 4.69) is 11.9 Å². The van der Waals surface area contributed by atoms with Crippen LogP contribution in [0.3, 0.4) is 0 Å². The van der Waals surface area contributed by atoms with Gasteiger partial charge in [0, 0.05) is 11.8 Å². The second-order valence-corrected chi connectivity index (χ2v) is 5.39. The second kappa shape index (κ2) is 9.56. The number of aromatic nitrogens is 1. The van der Waals surface area contributed by atoms with Gasteiger partial charge in [-0.15, -0.1) is 0 Å². The van der Waals surface area contributed by atoms with Crippen molar-refractivity contribution < 1.29 is 14.3 Å². The number of aromatic carboxylic acids is 1. The Bertz CT molecular complexity index is 401. The van der Waals surface area contributed by atoms with Crippen LogP contribution in [0.4, 0.5) is 4.39 Å². The number of rotatable bonds is 11. The number of halogens is 1. The zero-order valence-electron chi connectivity index (χ0n) is 12.4. The van der Waals surface area contributed by atoms with E-state index in [-0.39, 0.29) is 5.69 Å². The van der Waals surface area contributed by atoms with Crippen LogP contribution in [0, 0.1) is 5.82 Å². The molecule has 0 atom stereocenters. The maximum absolute atomic E-state index is 13.6. The Kier molecular flexibility index (Phi) is 8.00. The van der Waals surface area contributed by atoms with E-state index in [1.807, 2.05) is 0 Å². The standard InChI is InChI=1S/C16H26FNO2/c1-2-3-4-5-6-7-8-9-10-11-13-12-18-15(14(13)17)16(19)20/h12,18H,2-11H2,1H3,(H,19,20). The van der Waals surface area contributed by atoms with Crippen molar-refractivity contribution in [3.8, 4) is 0 Å². The molecule has 0 spiro atoms. The van der Waals surface area contributed by atoms with E-state index in [1.54, 1.807) is 0 Å². The molecule has 0 saturated carbocycles. The molecule has 1 aromatic heterocycles. The van der Waals surface area contributed by atoms with E-state index in [0.717, 1.165) is 12.8 Å². The van der Waals surface area contributed by atoms with Crippen molar-refractivity contribution in [2.75, 3.05) is 0 Å². The van der Waals surface area contributed by atoms with E-state index in [4.69, 9.17) is 5.11 Å². The zero-order chi connectivity index (χ0) is 14.8. The first-order chi connectivity index (χ1) is 9.66. The lowest BCUT2D eigenvalue weighted by Crippen LogP contribution is -1.99. The van der Waals surface area contributed by atoms with Gasteiger partial charge in [-0.25, -0.2) is 9.18 Å². The number of carboxylic acids is 1. The van der Waals surface area contributed by atoms with Crippen molar-refractivity contribution in [2.24, 2.45) is 0 Å². The average molecular weight is 283 g/mol. The van der Waals surface area contributed by atoms with Gasteiger partial charge in [-0.1, -0.05) is 58.3 Å². The molecule has 114 valence electrons. The number of carbonyl (C=O) groups is 1. The minimum atomic E-state index is -1.24. The molecular formula is C16H26FNO2. The Hall–Kier alpha value is -1.32. The fourth-order valence-corrected chi connectivity index (χ4v) is 2.41. The van der Waals surface area contributed by atoms with Gasteiger partial charge in [-0.3, -0.25) is 0 Å². The largest absolute Gasteiger partial charge is 0.476 e. The molecule has 0 aliphatic carbocycles. The lowest BCUT2D eigenvalue weighted by Gasteiger charge is -2.01. The average Bonchev–Trinajstić information content (AvgIpc) is 2.78. The van der Waals surface area contributed by atoms with Crippen molar-refractivity contribution in [3.05, 3.63) is 23.3 Å². The molecule has 1 heterocycles. The Balaban J connectivity index is 2.08. The van der Waals surface area contributed by atoms with Crippen LogP contribution in [0.2, 0.25) is 0 Å². The maximum atomic E-state index is 13.6. The first-order valence-corrected chi connectivity index (χ1v) is 7.75. The summed E-state index contributed by atoms with van der Waals surface area (Å²) in [6.45, 7) is 2.22. The van der Waals surface area contributed by atoms with Gasteiger partial charge in [-0.2, -0.15) is 0 Å². The molecule has 1 aromatic rings. The molecule has 3 nitrogen and oxygen atoms in total. The summed E-state index contributed by atoms with van der Waals surface area (Å²) in [6.07, 6.45) is 13.1. The minimum absolute atomic E-state index is 0.323. The van der Waals surface area contributed by atoms with Crippen molar-refractivity contribution in [2.45, 2.75) is 71.1 Å². The fourth-order valence-electron chi connectivity index (χ4n) is 2.41. The molecule has 0 aliphatic rings. The third kappa shape index (κ3) is 5.76. The van der Waals surface area contributed by atoms with Crippen LogP contribution in [0.15, 0.2) is 6.20 Å². The van der Waals surface area contributed by atoms with E-state index < -0.39 is 11.8 Å². The molecule has 0 fully saturated rings. The highest BCUT2D eigenvalue weighted by molar-refractivity contribution is 5.86. The normalized spacial score (nSPS) is 10.9. The van der Waals surface area contributed by atoms with Gasteiger partial charge in [0.15, 0.2) is 11.5 Å². The lowest BCUT2D eigenvalue weighted by molar-refractivity contribution is 0.0686. The van der Waals surface area contributed by atoms with Crippen LogP contribution in [0.25, 0.3) is 0 Å². The van der Waals surface area contributed by atoms with Crippen LogP contribution >= 0.6 is 0 Å². The summed E-state index contributed by atoms with van der Waals surface area (Å²) >= 11 is 0. The van der Waals surface area contributed by atoms with Crippen LogP contribution in [0.1, 0.15) is 80.8 Å². The summed E-state index contributed by atoms with van der Waals surface area (Å²) in [5, 5.41) is 8.74. The quantitative estimate of drug-likeness (QED) is 0.566. The van der Waals surface area contributed by atoms with Gasteiger partial charge >= 0.3 is 5.97 Å². The highest BCUT2D eigenvalue weighted by atomic mass is 19.1. The highest BCUT2D eigenvalue weighted by Gasteiger charge is 2.15. The summed E-state index contributed by atoms with van der Waals surface area (Å²) in [5.74, 6) is -1.84. The summed E-state index contributed by atoms with van der Waals surface area (Å²) in [4.78, 5) is 13.2. The van der Waals surface area contributed by atoms with Crippen molar-refractivity contribution in [3.63, 3.8) is 0 Å². The van der Waals surface area contributed by atoms with Crippen LogP contribution in [0.5, 0.6) is 0 Å². The predicted molar refractivity (Wildman–Crippen MR) is 78.6 cm³/mol. The van der Waals surface area contributed by atoms with Crippen molar-refractivity contribution >= 4 is 5.97 Å². The van der Waals surface area contributed by atoms with Crippen LogP contribution < -0.4 is 0 Å². The van der Waals surface area contributed by atoms with E-state index in [9.17, 15) is 9.18 Å². The third-order valence-corrected chi connectivity index (χ3v) is 3.66. The van der Waals surface area contributed by atoms with Crippen molar-refractivity contribution in [1.29, 1.82) is 0 Å². The third-order valence-electron chi connectivity index (χ3n) is 3.66. The Morgan fingerprint density at radius 3 is 2.15 bits per heavy atom. The molecule has 4 heteroatoms. The summed E-state index contributed by atoms with van der Waals surface area (Å²) < 4.78 is 13.6. The number of carboxylic acid groups (broad SMARTS) is 1. The second-order valence-electron chi connectivity index (χ2n) is 5.39. The van der Waals surface area contributed by atoms with Crippen LogP contribution in [-0.4, -0.2) is 16.1 Å². The molecule has 2 N–H and O–H groups in total. The van der Waals surface area contributed by atoms with E-state index in [1.165, 1.54) is 51.1 Å². The van der Waals surface area contributed by atoms with Crippen molar-refractivity contribution in [1.82, 2.24) is 4.98 Å². The molecule has 0 aromatic carbocycles. The van der Waals surface area contributed by atoms with E-state index in [0.29, 0.717) is 12.0 Å². The van der Waals surface area contributed by atoms with Crippen LogP contribution in [-0.2, 0) is 6.42 Å². The first kappa shape index (κ1) is 16.7. The molecule has 0 saturated heterocycles. The van der Waals surface area contributed by atoms with Gasteiger partial charge in [0.25, 0.3) is 0 Å². The smallest absolute Gasteiger partial charge is 0.355 e. The zero-order valence-corrected chi connectivity index (χ0v) is 12.4. The molecular weight excluding hydrogens is 257 g/mol. The Morgan fingerprint density at radius 1 is 1.10 bits per heavy atom. The summed E-state index contributed by atoms with van der Waals surface area (Å²) in [7, 11) is 0. The molecule has 0 radical (unpaired) electrons. The number of H-pyrrole nitrogens is 1. The van der Waals surface area contributed by atoms with Gasteiger partial charge in [0.05, 0.1) is 0 Å². The molecule has 0 bridgehead atoms. The number of nitrogens with one attached hydrogen (secondary N) is 1. The lowest BCUT2D eigenvalue weighted by atomic mass is 10.0. The molecule has 20 heavy (non-hydrogen) atoms. The minimum Gasteiger partial charge on any atom is -0.476 e. The fraction of sp³-hybridized carbons (Fsp3) is 0.688. The van der Waals surface area contributed by atoms with Gasteiger partial charge in [0.1, 0.15) is 0 Å². The summed E-state index contributed by atoms with van der Waals surface area (Å²) in [6, 6.07) is 0. The SMILES string of the molecule is CCCCCCCCCCCc1c[nH]c(C(=O)O)c1F. The van der Waals surface area contributed by atoms with E-state index >= 15 is 0 Å².